The van der Waals surface area contributed by atoms with Gasteiger partial charge in [0.2, 0.25) is 0 Å². The molecule has 20 heavy (non-hydrogen) atoms. The topological polar surface area (TPSA) is 26.0 Å². The molecule has 0 aliphatic heterocycles. The van der Waals surface area contributed by atoms with Crippen molar-refractivity contribution < 1.29 is 13.2 Å². The standard InChI is InChI=1S/C16H24F3N/c1-11(10-15(2,3)4)9-14(20)12-5-7-13(8-6-12)16(17,18)19/h5-8,11,14H,9-10,20H2,1-4H3. The second kappa shape index (κ2) is 6.17. The summed E-state index contributed by atoms with van der Waals surface area (Å²) in [5.74, 6) is 0.437. The predicted molar refractivity (Wildman–Crippen MR) is 76.2 cm³/mol. The third-order valence-electron chi connectivity index (χ3n) is 3.28. The maximum atomic E-state index is 12.5. The number of halogens is 3. The van der Waals surface area contributed by atoms with Gasteiger partial charge in [-0.2, -0.15) is 13.2 Å². The normalized spacial score (nSPS) is 16.0. The average molecular weight is 287 g/mol. The molecule has 2 N–H and O–H groups in total. The van der Waals surface area contributed by atoms with E-state index in [1.165, 1.54) is 12.1 Å². The van der Waals surface area contributed by atoms with Gasteiger partial charge >= 0.3 is 6.18 Å². The highest BCUT2D eigenvalue weighted by molar-refractivity contribution is 5.26. The van der Waals surface area contributed by atoms with Gasteiger partial charge in [0, 0.05) is 6.04 Å². The Morgan fingerprint density at radius 2 is 1.55 bits per heavy atom. The van der Waals surface area contributed by atoms with Crippen molar-refractivity contribution in [2.75, 3.05) is 0 Å². The minimum atomic E-state index is -4.29. The molecule has 0 bridgehead atoms. The van der Waals surface area contributed by atoms with Crippen LogP contribution in [0.25, 0.3) is 0 Å². The fourth-order valence-electron chi connectivity index (χ4n) is 2.62. The molecule has 1 nitrogen and oxygen atoms in total. The minimum Gasteiger partial charge on any atom is -0.324 e. The highest BCUT2D eigenvalue weighted by Gasteiger charge is 2.30. The van der Waals surface area contributed by atoms with Crippen LogP contribution in [0.15, 0.2) is 24.3 Å². The van der Waals surface area contributed by atoms with Gasteiger partial charge in [0.25, 0.3) is 0 Å². The van der Waals surface area contributed by atoms with Crippen molar-refractivity contribution in [3.05, 3.63) is 35.4 Å². The van der Waals surface area contributed by atoms with Crippen molar-refractivity contribution in [2.24, 2.45) is 17.1 Å². The van der Waals surface area contributed by atoms with E-state index in [-0.39, 0.29) is 11.5 Å². The number of nitrogens with two attached hydrogens (primary N) is 1. The second-order valence-corrected chi connectivity index (χ2v) is 6.83. The molecular formula is C16H24F3N. The first-order chi connectivity index (χ1) is 8.99. The van der Waals surface area contributed by atoms with Crippen molar-refractivity contribution in [2.45, 2.75) is 52.8 Å². The Kier molecular flexibility index (Phi) is 5.25. The van der Waals surface area contributed by atoms with Gasteiger partial charge in [-0.05, 0) is 41.9 Å². The molecule has 0 spiro atoms. The van der Waals surface area contributed by atoms with Crippen LogP contribution in [0.4, 0.5) is 13.2 Å². The molecular weight excluding hydrogens is 263 g/mol. The van der Waals surface area contributed by atoms with Crippen molar-refractivity contribution in [1.29, 1.82) is 0 Å². The summed E-state index contributed by atoms with van der Waals surface area (Å²) in [6.45, 7) is 8.66. The van der Waals surface area contributed by atoms with E-state index in [9.17, 15) is 13.2 Å². The summed E-state index contributed by atoms with van der Waals surface area (Å²) in [5, 5.41) is 0. The summed E-state index contributed by atoms with van der Waals surface area (Å²) in [5.41, 5.74) is 6.46. The zero-order valence-corrected chi connectivity index (χ0v) is 12.6. The largest absolute Gasteiger partial charge is 0.416 e. The van der Waals surface area contributed by atoms with Gasteiger partial charge in [0.1, 0.15) is 0 Å². The second-order valence-electron chi connectivity index (χ2n) is 6.83. The van der Waals surface area contributed by atoms with E-state index in [4.69, 9.17) is 5.73 Å². The molecule has 2 atom stereocenters. The molecule has 0 radical (unpaired) electrons. The lowest BCUT2D eigenvalue weighted by atomic mass is 9.82. The Morgan fingerprint density at radius 3 is 1.95 bits per heavy atom. The van der Waals surface area contributed by atoms with E-state index >= 15 is 0 Å². The maximum Gasteiger partial charge on any atom is 0.416 e. The van der Waals surface area contributed by atoms with Crippen LogP contribution in [0, 0.1) is 11.3 Å². The van der Waals surface area contributed by atoms with Gasteiger partial charge in [-0.1, -0.05) is 39.8 Å². The smallest absolute Gasteiger partial charge is 0.324 e. The van der Waals surface area contributed by atoms with Crippen molar-refractivity contribution >= 4 is 0 Å². The molecule has 0 saturated carbocycles. The summed E-state index contributed by atoms with van der Waals surface area (Å²) < 4.78 is 37.5. The van der Waals surface area contributed by atoms with Crippen LogP contribution in [0.3, 0.4) is 0 Å². The van der Waals surface area contributed by atoms with E-state index in [0.717, 1.165) is 30.5 Å². The molecule has 1 rings (SSSR count). The monoisotopic (exact) mass is 287 g/mol. The Balaban J connectivity index is 2.66. The zero-order valence-electron chi connectivity index (χ0n) is 12.6. The van der Waals surface area contributed by atoms with Crippen LogP contribution in [0.1, 0.15) is 57.7 Å². The van der Waals surface area contributed by atoms with E-state index < -0.39 is 11.7 Å². The fourth-order valence-corrected chi connectivity index (χ4v) is 2.62. The molecule has 0 heterocycles. The molecule has 2 unspecified atom stereocenters. The summed E-state index contributed by atoms with van der Waals surface area (Å²) in [4.78, 5) is 0. The van der Waals surface area contributed by atoms with Gasteiger partial charge in [-0.25, -0.2) is 0 Å². The fraction of sp³-hybridized carbons (Fsp3) is 0.625. The molecule has 0 amide bonds. The van der Waals surface area contributed by atoms with E-state index in [0.29, 0.717) is 5.92 Å². The van der Waals surface area contributed by atoms with Crippen molar-refractivity contribution in [3.8, 4) is 0 Å². The van der Waals surface area contributed by atoms with Gasteiger partial charge in [0.15, 0.2) is 0 Å². The third kappa shape index (κ3) is 5.53. The Morgan fingerprint density at radius 1 is 1.05 bits per heavy atom. The molecule has 1 aromatic carbocycles. The lowest BCUT2D eigenvalue weighted by Crippen LogP contribution is -2.18. The average Bonchev–Trinajstić information content (AvgIpc) is 2.25. The minimum absolute atomic E-state index is 0.213. The van der Waals surface area contributed by atoms with Crippen LogP contribution in [0.5, 0.6) is 0 Å². The molecule has 0 fully saturated rings. The van der Waals surface area contributed by atoms with E-state index in [1.807, 2.05) is 0 Å². The first-order valence-corrected chi connectivity index (χ1v) is 6.92. The first-order valence-electron chi connectivity index (χ1n) is 6.92. The van der Waals surface area contributed by atoms with Crippen LogP contribution in [-0.2, 0) is 6.18 Å². The first kappa shape index (κ1) is 17.0. The Hall–Kier alpha value is -1.03. The summed E-state index contributed by atoms with van der Waals surface area (Å²) >= 11 is 0. The highest BCUT2D eigenvalue weighted by Crippen LogP contribution is 2.32. The lowest BCUT2D eigenvalue weighted by molar-refractivity contribution is -0.137. The SMILES string of the molecule is CC(CC(N)c1ccc(C(F)(F)F)cc1)CC(C)(C)C. The Labute approximate surface area is 119 Å². The van der Waals surface area contributed by atoms with Crippen LogP contribution >= 0.6 is 0 Å². The zero-order chi connectivity index (χ0) is 15.6. The maximum absolute atomic E-state index is 12.5. The summed E-state index contributed by atoms with van der Waals surface area (Å²) in [6.07, 6.45) is -2.47. The van der Waals surface area contributed by atoms with Crippen molar-refractivity contribution in [3.63, 3.8) is 0 Å². The van der Waals surface area contributed by atoms with Crippen LogP contribution in [0.2, 0.25) is 0 Å². The number of alkyl halides is 3. The van der Waals surface area contributed by atoms with Gasteiger partial charge in [0.05, 0.1) is 5.56 Å². The molecule has 0 saturated heterocycles. The summed E-state index contributed by atoms with van der Waals surface area (Å²) in [6, 6.07) is 4.96. The van der Waals surface area contributed by atoms with E-state index in [1.54, 1.807) is 0 Å². The number of benzene rings is 1. The molecule has 0 aliphatic rings. The van der Waals surface area contributed by atoms with Crippen LogP contribution < -0.4 is 5.73 Å². The molecule has 114 valence electrons. The van der Waals surface area contributed by atoms with Gasteiger partial charge in [-0.15, -0.1) is 0 Å². The molecule has 0 aromatic heterocycles. The Bertz CT molecular complexity index is 415. The molecule has 1 aromatic rings. The number of rotatable bonds is 4. The van der Waals surface area contributed by atoms with Gasteiger partial charge in [-0.3, -0.25) is 0 Å². The quantitative estimate of drug-likeness (QED) is 0.812. The van der Waals surface area contributed by atoms with Crippen LogP contribution in [-0.4, -0.2) is 0 Å². The third-order valence-corrected chi connectivity index (χ3v) is 3.28. The van der Waals surface area contributed by atoms with E-state index in [2.05, 4.69) is 27.7 Å². The highest BCUT2D eigenvalue weighted by atomic mass is 19.4. The van der Waals surface area contributed by atoms with Gasteiger partial charge < -0.3 is 5.73 Å². The predicted octanol–water partition coefficient (Wildman–Crippen LogP) is 5.17. The van der Waals surface area contributed by atoms with Crippen molar-refractivity contribution in [1.82, 2.24) is 0 Å². The number of hydrogen-bond donors (Lipinski definition) is 1. The number of hydrogen-bond acceptors (Lipinski definition) is 1. The molecule has 4 heteroatoms. The summed E-state index contributed by atoms with van der Waals surface area (Å²) in [7, 11) is 0. The molecule has 0 aliphatic carbocycles. The lowest BCUT2D eigenvalue weighted by Gasteiger charge is -2.25.